The third kappa shape index (κ3) is 6.70. The van der Waals surface area contributed by atoms with Crippen molar-refractivity contribution in [1.29, 1.82) is 0 Å². The highest BCUT2D eigenvalue weighted by atomic mass is 32.2. The van der Waals surface area contributed by atoms with Gasteiger partial charge in [0.05, 0.1) is 6.10 Å². The minimum Gasteiger partial charge on any atom is -0.374 e. The van der Waals surface area contributed by atoms with E-state index >= 15 is 0 Å². The summed E-state index contributed by atoms with van der Waals surface area (Å²) in [6, 6.07) is 17.9. The van der Waals surface area contributed by atoms with E-state index in [-0.39, 0.29) is 12.0 Å². The number of aryl methyl sites for hydroxylation is 1. The molecule has 152 valence electrons. The molecule has 1 amide bonds. The Labute approximate surface area is 180 Å². The number of amides is 1. The number of carbonyl (C=O) groups is 1. The summed E-state index contributed by atoms with van der Waals surface area (Å²) in [5.74, 6) is 0.696. The first-order valence-corrected chi connectivity index (χ1v) is 11.6. The Kier molecular flexibility index (Phi) is 8.28. The van der Waals surface area contributed by atoms with Gasteiger partial charge in [-0.05, 0) is 37.5 Å². The Morgan fingerprint density at radius 3 is 2.69 bits per heavy atom. The SMILES string of the molecule is Cc1csc(SCc2ccccc2C(=O)NCCCOC(C)c2ccccc2)n1. The van der Waals surface area contributed by atoms with Gasteiger partial charge in [0.2, 0.25) is 0 Å². The van der Waals surface area contributed by atoms with Crippen LogP contribution in [0.2, 0.25) is 0 Å². The molecule has 0 aliphatic heterocycles. The Balaban J connectivity index is 1.43. The molecular weight excluding hydrogens is 400 g/mol. The predicted molar refractivity (Wildman–Crippen MR) is 121 cm³/mol. The number of hydrogen-bond donors (Lipinski definition) is 1. The lowest BCUT2D eigenvalue weighted by Crippen LogP contribution is -2.26. The first kappa shape index (κ1) is 21.6. The number of thiazole rings is 1. The van der Waals surface area contributed by atoms with Gasteiger partial charge in [-0.25, -0.2) is 4.98 Å². The van der Waals surface area contributed by atoms with Crippen LogP contribution in [0, 0.1) is 6.92 Å². The van der Waals surface area contributed by atoms with Crippen molar-refractivity contribution < 1.29 is 9.53 Å². The lowest BCUT2D eigenvalue weighted by molar-refractivity contribution is 0.0635. The Morgan fingerprint density at radius 1 is 1.17 bits per heavy atom. The molecule has 3 aromatic rings. The molecule has 29 heavy (non-hydrogen) atoms. The van der Waals surface area contributed by atoms with Crippen LogP contribution < -0.4 is 5.32 Å². The monoisotopic (exact) mass is 426 g/mol. The highest BCUT2D eigenvalue weighted by molar-refractivity contribution is 8.00. The van der Waals surface area contributed by atoms with E-state index in [1.54, 1.807) is 23.1 Å². The second kappa shape index (κ2) is 11.1. The maximum atomic E-state index is 12.6. The number of aromatic nitrogens is 1. The second-order valence-electron chi connectivity index (χ2n) is 6.73. The van der Waals surface area contributed by atoms with E-state index in [0.717, 1.165) is 33.3 Å². The summed E-state index contributed by atoms with van der Waals surface area (Å²) < 4.78 is 6.90. The summed E-state index contributed by atoms with van der Waals surface area (Å²) in [7, 11) is 0. The molecule has 0 radical (unpaired) electrons. The van der Waals surface area contributed by atoms with Crippen molar-refractivity contribution in [2.24, 2.45) is 0 Å². The Bertz CT molecular complexity index is 912. The van der Waals surface area contributed by atoms with Gasteiger partial charge >= 0.3 is 0 Å². The van der Waals surface area contributed by atoms with E-state index in [9.17, 15) is 4.79 Å². The molecule has 1 atom stereocenters. The minimum atomic E-state index is -0.0346. The Morgan fingerprint density at radius 2 is 1.93 bits per heavy atom. The number of rotatable bonds is 10. The van der Waals surface area contributed by atoms with Crippen molar-refractivity contribution in [3.8, 4) is 0 Å². The van der Waals surface area contributed by atoms with Crippen LogP contribution in [0.1, 0.15) is 46.6 Å². The van der Waals surface area contributed by atoms with Crippen molar-refractivity contribution in [1.82, 2.24) is 10.3 Å². The Hall–Kier alpha value is -2.15. The lowest BCUT2D eigenvalue weighted by atomic mass is 10.1. The molecule has 4 nitrogen and oxygen atoms in total. The first-order chi connectivity index (χ1) is 14.1. The van der Waals surface area contributed by atoms with Crippen LogP contribution in [-0.4, -0.2) is 24.0 Å². The van der Waals surface area contributed by atoms with Crippen LogP contribution in [0.3, 0.4) is 0 Å². The van der Waals surface area contributed by atoms with E-state index in [4.69, 9.17) is 4.74 Å². The zero-order valence-electron chi connectivity index (χ0n) is 16.8. The molecular formula is C23H26N2O2S2. The third-order valence-corrected chi connectivity index (χ3v) is 6.64. The number of nitrogens with zero attached hydrogens (tertiary/aromatic N) is 1. The summed E-state index contributed by atoms with van der Waals surface area (Å²) >= 11 is 3.31. The van der Waals surface area contributed by atoms with E-state index in [1.165, 1.54) is 5.56 Å². The molecule has 1 unspecified atom stereocenters. The molecule has 6 heteroatoms. The molecule has 0 aliphatic carbocycles. The van der Waals surface area contributed by atoms with Gasteiger partial charge in [-0.15, -0.1) is 11.3 Å². The summed E-state index contributed by atoms with van der Waals surface area (Å²) in [6.07, 6.45) is 0.831. The molecule has 0 saturated carbocycles. The highest BCUT2D eigenvalue weighted by Crippen LogP contribution is 2.27. The average Bonchev–Trinajstić information content (AvgIpc) is 3.17. The van der Waals surface area contributed by atoms with Gasteiger partial charge in [-0.1, -0.05) is 60.3 Å². The number of hydrogen-bond acceptors (Lipinski definition) is 5. The fourth-order valence-corrected chi connectivity index (χ4v) is 4.71. The van der Waals surface area contributed by atoms with Gasteiger partial charge in [0.1, 0.15) is 4.34 Å². The largest absolute Gasteiger partial charge is 0.374 e. The van der Waals surface area contributed by atoms with Gasteiger partial charge < -0.3 is 10.1 Å². The second-order valence-corrected chi connectivity index (χ2v) is 8.81. The van der Waals surface area contributed by atoms with Gasteiger partial charge in [0, 0.05) is 35.5 Å². The molecule has 1 N–H and O–H groups in total. The molecule has 0 saturated heterocycles. The summed E-state index contributed by atoms with van der Waals surface area (Å²) in [5, 5.41) is 5.06. The zero-order valence-corrected chi connectivity index (χ0v) is 18.4. The summed E-state index contributed by atoms with van der Waals surface area (Å²) in [5.41, 5.74) is 3.95. The quantitative estimate of drug-likeness (QED) is 0.337. The van der Waals surface area contributed by atoms with Crippen LogP contribution in [-0.2, 0) is 10.5 Å². The molecule has 0 fully saturated rings. The van der Waals surface area contributed by atoms with Crippen LogP contribution >= 0.6 is 23.1 Å². The van der Waals surface area contributed by atoms with Crippen molar-refractivity contribution in [3.63, 3.8) is 0 Å². The maximum Gasteiger partial charge on any atom is 0.251 e. The summed E-state index contributed by atoms with van der Waals surface area (Å²) in [6.45, 7) is 5.24. The van der Waals surface area contributed by atoms with E-state index < -0.39 is 0 Å². The smallest absolute Gasteiger partial charge is 0.251 e. The number of thioether (sulfide) groups is 1. The van der Waals surface area contributed by atoms with Crippen molar-refractivity contribution in [3.05, 3.63) is 82.4 Å². The molecule has 0 bridgehead atoms. The van der Waals surface area contributed by atoms with Gasteiger partial charge in [0.15, 0.2) is 0 Å². The standard InChI is InChI=1S/C23H26N2O2S2/c1-17-15-28-23(25-17)29-16-20-11-6-7-12-21(20)22(26)24-13-8-14-27-18(2)19-9-4-3-5-10-19/h3-7,9-12,15,18H,8,13-14,16H2,1-2H3,(H,24,26). The molecule has 3 rings (SSSR count). The van der Waals surface area contributed by atoms with Gasteiger partial charge in [0.25, 0.3) is 5.91 Å². The third-order valence-electron chi connectivity index (χ3n) is 4.45. The number of carbonyl (C=O) groups excluding carboxylic acids is 1. The highest BCUT2D eigenvalue weighted by Gasteiger charge is 2.12. The number of ether oxygens (including phenoxy) is 1. The van der Waals surface area contributed by atoms with Crippen LogP contribution in [0.4, 0.5) is 0 Å². The maximum absolute atomic E-state index is 12.6. The van der Waals surface area contributed by atoms with Crippen molar-refractivity contribution in [2.75, 3.05) is 13.2 Å². The van der Waals surface area contributed by atoms with E-state index in [0.29, 0.717) is 13.2 Å². The first-order valence-electron chi connectivity index (χ1n) is 9.71. The molecule has 1 heterocycles. The van der Waals surface area contributed by atoms with Crippen LogP contribution in [0.15, 0.2) is 64.3 Å². The fourth-order valence-electron chi connectivity index (χ4n) is 2.86. The molecule has 2 aromatic carbocycles. The number of nitrogens with one attached hydrogen (secondary N) is 1. The van der Waals surface area contributed by atoms with Gasteiger partial charge in [-0.3, -0.25) is 4.79 Å². The minimum absolute atomic E-state index is 0.0346. The fraction of sp³-hybridized carbons (Fsp3) is 0.304. The molecule has 0 aliphatic rings. The van der Waals surface area contributed by atoms with Gasteiger partial charge in [-0.2, -0.15) is 0 Å². The molecule has 1 aromatic heterocycles. The van der Waals surface area contributed by atoms with Crippen molar-refractivity contribution >= 4 is 29.0 Å². The lowest BCUT2D eigenvalue weighted by Gasteiger charge is -2.14. The summed E-state index contributed by atoms with van der Waals surface area (Å²) in [4.78, 5) is 17.1. The van der Waals surface area contributed by atoms with Crippen LogP contribution in [0.5, 0.6) is 0 Å². The molecule has 0 spiro atoms. The topological polar surface area (TPSA) is 51.2 Å². The normalized spacial score (nSPS) is 11.9. The van der Waals surface area contributed by atoms with E-state index in [2.05, 4.69) is 22.4 Å². The van der Waals surface area contributed by atoms with E-state index in [1.807, 2.05) is 61.7 Å². The average molecular weight is 427 g/mol. The predicted octanol–water partition coefficient (Wildman–Crippen LogP) is 5.64. The van der Waals surface area contributed by atoms with Crippen molar-refractivity contribution in [2.45, 2.75) is 36.5 Å². The number of benzene rings is 2. The zero-order chi connectivity index (χ0) is 20.5. The van der Waals surface area contributed by atoms with Crippen LogP contribution in [0.25, 0.3) is 0 Å².